The van der Waals surface area contributed by atoms with Crippen LogP contribution >= 0.6 is 0 Å². The van der Waals surface area contributed by atoms with Crippen molar-refractivity contribution in [3.8, 4) is 0 Å². The summed E-state index contributed by atoms with van der Waals surface area (Å²) in [5, 5.41) is 0. The van der Waals surface area contributed by atoms with Gasteiger partial charge in [0.1, 0.15) is 0 Å². The van der Waals surface area contributed by atoms with Crippen molar-refractivity contribution in [2.75, 3.05) is 14.1 Å². The highest BCUT2D eigenvalue weighted by Gasteiger charge is 1.88. The molecule has 38 valence electrons. The van der Waals surface area contributed by atoms with Gasteiger partial charge >= 0.3 is 0 Å². The van der Waals surface area contributed by atoms with E-state index < -0.39 is 8.64 Å². The number of hydrogen-bond acceptors (Lipinski definition) is 2. The van der Waals surface area contributed by atoms with Gasteiger partial charge in [-0.05, 0) is 14.1 Å². The van der Waals surface area contributed by atoms with Crippen LogP contribution in [0.3, 0.4) is 0 Å². The van der Waals surface area contributed by atoms with Crippen molar-refractivity contribution in [3.63, 3.8) is 0 Å². The lowest BCUT2D eigenvalue weighted by molar-refractivity contribution is 1.11. The smallest absolute Gasteiger partial charge is 0.158 e. The standard InChI is InChI=1S/C2H12N2Si2/c1-3-6(5)4-2/h3-4,6H,1-2,5H3. The predicted octanol–water partition coefficient (Wildman–Crippen LogP) is -2.49. The SMILES string of the molecule is CN[SiH]([SiH3])NC. The van der Waals surface area contributed by atoms with E-state index in [2.05, 4.69) is 9.96 Å². The van der Waals surface area contributed by atoms with Crippen molar-refractivity contribution >= 4 is 18.4 Å². The van der Waals surface area contributed by atoms with E-state index in [4.69, 9.17) is 0 Å². The van der Waals surface area contributed by atoms with Crippen LogP contribution in [-0.2, 0) is 0 Å². The van der Waals surface area contributed by atoms with Crippen LogP contribution in [0.4, 0.5) is 0 Å². The molecule has 0 heterocycles. The van der Waals surface area contributed by atoms with E-state index in [1.807, 2.05) is 14.1 Å². The van der Waals surface area contributed by atoms with Gasteiger partial charge in [-0.2, -0.15) is 0 Å². The Morgan fingerprint density at radius 1 is 1.33 bits per heavy atom. The van der Waals surface area contributed by atoms with Gasteiger partial charge in [-0.15, -0.1) is 0 Å². The van der Waals surface area contributed by atoms with E-state index in [0.717, 1.165) is 0 Å². The summed E-state index contributed by atoms with van der Waals surface area (Å²) < 4.78 is 0. The first-order valence-corrected chi connectivity index (χ1v) is 7.93. The van der Waals surface area contributed by atoms with Crippen LogP contribution < -0.4 is 9.96 Å². The van der Waals surface area contributed by atoms with E-state index in [9.17, 15) is 0 Å². The minimum absolute atomic E-state index is 0.522. The lowest BCUT2D eigenvalue weighted by Gasteiger charge is -2.02. The normalized spacial score (nSPS) is 10.5. The molecule has 0 aliphatic carbocycles. The fourth-order valence-corrected chi connectivity index (χ4v) is 0.433. The van der Waals surface area contributed by atoms with Gasteiger partial charge < -0.3 is 9.96 Å². The Morgan fingerprint density at radius 3 is 1.67 bits per heavy atom. The van der Waals surface area contributed by atoms with Crippen LogP contribution in [0, 0.1) is 0 Å². The van der Waals surface area contributed by atoms with E-state index in [-0.39, 0.29) is 0 Å². The van der Waals surface area contributed by atoms with Crippen LogP contribution in [0.5, 0.6) is 0 Å². The molecule has 0 unspecified atom stereocenters. The monoisotopic (exact) mass is 120 g/mol. The van der Waals surface area contributed by atoms with Crippen LogP contribution in [0.25, 0.3) is 0 Å². The summed E-state index contributed by atoms with van der Waals surface area (Å²) in [5.41, 5.74) is 0. The molecule has 0 fully saturated rings. The second-order valence-corrected chi connectivity index (χ2v) is 7.36. The van der Waals surface area contributed by atoms with E-state index in [1.54, 1.807) is 0 Å². The van der Waals surface area contributed by atoms with Gasteiger partial charge in [0.15, 0.2) is 8.64 Å². The number of rotatable bonds is 2. The zero-order chi connectivity index (χ0) is 4.99. The van der Waals surface area contributed by atoms with Crippen molar-refractivity contribution in [1.82, 2.24) is 9.96 Å². The molecule has 0 atom stereocenters. The van der Waals surface area contributed by atoms with Crippen LogP contribution in [0.1, 0.15) is 0 Å². The van der Waals surface area contributed by atoms with E-state index in [1.165, 1.54) is 9.76 Å². The van der Waals surface area contributed by atoms with Gasteiger partial charge in [0, 0.05) is 9.76 Å². The molecule has 4 heteroatoms. The van der Waals surface area contributed by atoms with Gasteiger partial charge in [0.25, 0.3) is 0 Å². The van der Waals surface area contributed by atoms with Crippen molar-refractivity contribution in [2.45, 2.75) is 0 Å². The Kier molecular flexibility index (Phi) is 3.75. The summed E-state index contributed by atoms with van der Waals surface area (Å²) >= 11 is 0. The first kappa shape index (κ1) is 6.35. The molecule has 0 radical (unpaired) electrons. The molecule has 0 saturated carbocycles. The maximum atomic E-state index is 3.20. The summed E-state index contributed by atoms with van der Waals surface area (Å²) in [5.74, 6) is 0. The molecular formula is C2H12N2Si2. The highest BCUT2D eigenvalue weighted by molar-refractivity contribution is 7.00. The van der Waals surface area contributed by atoms with E-state index in [0.29, 0.717) is 0 Å². The molecule has 0 amide bonds. The third-order valence-corrected chi connectivity index (χ3v) is 6.06. The average Bonchev–Trinajstić information content (AvgIpc) is 1.65. The molecule has 0 aromatic rings. The fraction of sp³-hybridized carbons (Fsp3) is 1.00. The van der Waals surface area contributed by atoms with Gasteiger partial charge in [0.2, 0.25) is 0 Å². The van der Waals surface area contributed by atoms with Crippen LogP contribution in [-0.4, -0.2) is 32.5 Å². The fourth-order valence-electron chi connectivity index (χ4n) is 0.144. The van der Waals surface area contributed by atoms with Crippen molar-refractivity contribution in [2.24, 2.45) is 0 Å². The molecule has 0 aliphatic heterocycles. The third kappa shape index (κ3) is 2.58. The minimum atomic E-state index is -0.522. The first-order chi connectivity index (χ1) is 2.81. The van der Waals surface area contributed by atoms with Crippen molar-refractivity contribution < 1.29 is 0 Å². The Morgan fingerprint density at radius 2 is 1.67 bits per heavy atom. The Labute approximate surface area is 43.3 Å². The third-order valence-electron chi connectivity index (χ3n) is 0.866. The number of hydrogen-bond donors (Lipinski definition) is 2. The van der Waals surface area contributed by atoms with Gasteiger partial charge in [-0.3, -0.25) is 0 Å². The molecular weight excluding hydrogens is 108 g/mol. The maximum Gasteiger partial charge on any atom is 0.158 e. The molecule has 2 nitrogen and oxygen atoms in total. The lowest BCUT2D eigenvalue weighted by atomic mass is 11.6. The molecule has 0 aromatic carbocycles. The molecule has 0 saturated heterocycles. The highest BCUT2D eigenvalue weighted by Crippen LogP contribution is 1.45. The zero-order valence-electron chi connectivity index (χ0n) is 4.58. The van der Waals surface area contributed by atoms with Gasteiger partial charge in [0.05, 0.1) is 0 Å². The lowest BCUT2D eigenvalue weighted by Crippen LogP contribution is -2.43. The summed E-state index contributed by atoms with van der Waals surface area (Å²) in [4.78, 5) is 6.41. The molecule has 0 spiro atoms. The molecule has 0 rings (SSSR count). The van der Waals surface area contributed by atoms with E-state index >= 15 is 0 Å². The first-order valence-electron chi connectivity index (χ1n) is 2.15. The van der Waals surface area contributed by atoms with Crippen LogP contribution in [0.2, 0.25) is 0 Å². The van der Waals surface area contributed by atoms with Crippen molar-refractivity contribution in [3.05, 3.63) is 0 Å². The Bertz CT molecular complexity index is 28.7. The second kappa shape index (κ2) is 3.54. The minimum Gasteiger partial charge on any atom is -0.334 e. The summed E-state index contributed by atoms with van der Waals surface area (Å²) in [6.45, 7) is 0. The topological polar surface area (TPSA) is 24.1 Å². The Hall–Kier alpha value is 0.354. The van der Waals surface area contributed by atoms with Crippen LogP contribution in [0.15, 0.2) is 0 Å². The zero-order valence-corrected chi connectivity index (χ0v) is 7.73. The molecule has 0 aromatic heterocycles. The highest BCUT2D eigenvalue weighted by atomic mass is 29.2. The number of nitrogens with one attached hydrogen (secondary N) is 2. The van der Waals surface area contributed by atoms with Gasteiger partial charge in [-0.25, -0.2) is 0 Å². The summed E-state index contributed by atoms with van der Waals surface area (Å²) in [7, 11) is 4.81. The second-order valence-electron chi connectivity index (χ2n) is 1.30. The summed E-state index contributed by atoms with van der Waals surface area (Å²) in [6.07, 6.45) is 0. The molecule has 2 N–H and O–H groups in total. The molecule has 6 heavy (non-hydrogen) atoms. The Balaban J connectivity index is 2.75. The predicted molar refractivity (Wildman–Crippen MR) is 35.2 cm³/mol. The van der Waals surface area contributed by atoms with Crippen molar-refractivity contribution in [1.29, 1.82) is 0 Å². The molecule has 0 bridgehead atoms. The average molecular weight is 120 g/mol. The summed E-state index contributed by atoms with van der Waals surface area (Å²) in [6, 6.07) is 0. The molecule has 0 aliphatic rings. The quantitative estimate of drug-likeness (QED) is 0.394. The largest absolute Gasteiger partial charge is 0.334 e. The maximum absolute atomic E-state index is 3.20. The van der Waals surface area contributed by atoms with Gasteiger partial charge in [-0.1, -0.05) is 0 Å².